The van der Waals surface area contributed by atoms with Crippen LogP contribution in [0.2, 0.25) is 0 Å². The topological polar surface area (TPSA) is 73.1 Å². The Bertz CT molecular complexity index is 1200. The van der Waals surface area contributed by atoms with E-state index in [1.807, 2.05) is 52.8 Å². The van der Waals surface area contributed by atoms with Crippen LogP contribution in [0.3, 0.4) is 0 Å². The Hall–Kier alpha value is -3.15. The predicted molar refractivity (Wildman–Crippen MR) is 116 cm³/mol. The number of nitrogens with one attached hydrogen (secondary N) is 1. The molecule has 0 saturated heterocycles. The number of carbonyl (C=O) groups excluding carboxylic acids is 1. The summed E-state index contributed by atoms with van der Waals surface area (Å²) in [5, 5.41) is 3.31. The lowest BCUT2D eigenvalue weighted by Gasteiger charge is -2.17. The molecule has 0 spiro atoms. The molecule has 1 heterocycles. The molecule has 6 nitrogen and oxygen atoms in total. The Balaban J connectivity index is 2.31. The third-order valence-corrected chi connectivity index (χ3v) is 5.44. The van der Waals surface area contributed by atoms with Gasteiger partial charge in [-0.05, 0) is 63.4 Å². The van der Waals surface area contributed by atoms with Crippen molar-refractivity contribution in [2.75, 3.05) is 0 Å². The van der Waals surface area contributed by atoms with Gasteiger partial charge in [-0.2, -0.15) is 0 Å². The highest BCUT2D eigenvalue weighted by molar-refractivity contribution is 5.82. The molecule has 0 fully saturated rings. The molecule has 0 aliphatic rings. The maximum Gasteiger partial charge on any atom is 0.336 e. The first-order valence-corrected chi connectivity index (χ1v) is 9.86. The van der Waals surface area contributed by atoms with Crippen LogP contribution in [0.1, 0.15) is 37.0 Å². The zero-order valence-electron chi connectivity index (χ0n) is 17.6. The fourth-order valence-corrected chi connectivity index (χ4v) is 3.40. The molecule has 1 atom stereocenters. The smallest absolute Gasteiger partial charge is 0.336 e. The molecular formula is C23H27N3O3. The second-order valence-corrected chi connectivity index (χ2v) is 7.63. The monoisotopic (exact) mass is 393 g/mol. The summed E-state index contributed by atoms with van der Waals surface area (Å²) in [6, 6.07) is 10.9. The van der Waals surface area contributed by atoms with Crippen LogP contribution in [-0.4, -0.2) is 21.1 Å². The van der Waals surface area contributed by atoms with Crippen LogP contribution in [0.5, 0.6) is 0 Å². The molecular weight excluding hydrogens is 366 g/mol. The van der Waals surface area contributed by atoms with Gasteiger partial charge in [0.05, 0.1) is 16.6 Å². The first-order valence-electron chi connectivity index (χ1n) is 9.86. The number of aromatic nitrogens is 2. The number of fused-ring (bicyclic) bond motifs is 1. The summed E-state index contributed by atoms with van der Waals surface area (Å²) >= 11 is 0. The highest BCUT2D eigenvalue weighted by atomic mass is 16.2. The number of aryl methyl sites for hydroxylation is 2. The van der Waals surface area contributed by atoms with E-state index in [0.717, 1.165) is 23.1 Å². The highest BCUT2D eigenvalue weighted by Gasteiger charge is 2.18. The van der Waals surface area contributed by atoms with Crippen LogP contribution in [-0.2, 0) is 11.3 Å². The van der Waals surface area contributed by atoms with Crippen molar-refractivity contribution in [1.82, 2.24) is 14.5 Å². The van der Waals surface area contributed by atoms with Gasteiger partial charge in [0.15, 0.2) is 0 Å². The molecule has 0 aliphatic carbocycles. The van der Waals surface area contributed by atoms with Gasteiger partial charge in [0.1, 0.15) is 6.54 Å². The molecule has 0 bridgehead atoms. The molecule has 1 N–H and O–H groups in total. The van der Waals surface area contributed by atoms with Gasteiger partial charge in [0.2, 0.25) is 5.91 Å². The fourth-order valence-electron chi connectivity index (χ4n) is 3.40. The highest BCUT2D eigenvalue weighted by Crippen LogP contribution is 2.17. The van der Waals surface area contributed by atoms with Crippen LogP contribution in [0.4, 0.5) is 0 Å². The Morgan fingerprint density at radius 2 is 1.83 bits per heavy atom. The van der Waals surface area contributed by atoms with Crippen molar-refractivity contribution in [2.24, 2.45) is 0 Å². The standard InChI is InChI=1S/C23H27N3O3/c1-6-16(4)24-21(27)13-25-20-11-10-14(2)12-18(20)22(28)26(23(25)29)19-9-7-8-15(3)17(19)5/h7-12,16H,6,13H2,1-5H3,(H,24,27)/t16-/m1/s1. The molecule has 0 unspecified atom stereocenters. The summed E-state index contributed by atoms with van der Waals surface area (Å²) in [6.45, 7) is 9.47. The van der Waals surface area contributed by atoms with Crippen LogP contribution >= 0.6 is 0 Å². The van der Waals surface area contributed by atoms with E-state index in [4.69, 9.17) is 0 Å². The molecule has 0 saturated carbocycles. The van der Waals surface area contributed by atoms with E-state index in [1.54, 1.807) is 18.2 Å². The van der Waals surface area contributed by atoms with E-state index in [-0.39, 0.29) is 24.1 Å². The Morgan fingerprint density at radius 3 is 2.52 bits per heavy atom. The summed E-state index contributed by atoms with van der Waals surface area (Å²) in [5.41, 5.74) is 2.87. The number of hydrogen-bond acceptors (Lipinski definition) is 3. The van der Waals surface area contributed by atoms with Gasteiger partial charge in [-0.3, -0.25) is 14.2 Å². The Morgan fingerprint density at radius 1 is 1.10 bits per heavy atom. The summed E-state index contributed by atoms with van der Waals surface area (Å²) in [4.78, 5) is 39.2. The average molecular weight is 393 g/mol. The van der Waals surface area contributed by atoms with E-state index in [0.29, 0.717) is 16.6 Å². The maximum absolute atomic E-state index is 13.4. The van der Waals surface area contributed by atoms with Gasteiger partial charge in [0, 0.05) is 6.04 Å². The van der Waals surface area contributed by atoms with Crippen LogP contribution in [0.15, 0.2) is 46.0 Å². The molecule has 29 heavy (non-hydrogen) atoms. The predicted octanol–water partition coefficient (Wildman–Crippen LogP) is 2.99. The summed E-state index contributed by atoms with van der Waals surface area (Å²) in [6.07, 6.45) is 0.794. The van der Waals surface area contributed by atoms with Gasteiger partial charge < -0.3 is 5.32 Å². The quantitative estimate of drug-likeness (QED) is 0.724. The van der Waals surface area contributed by atoms with Gasteiger partial charge in [-0.25, -0.2) is 9.36 Å². The van der Waals surface area contributed by atoms with E-state index in [1.165, 1.54) is 9.13 Å². The number of hydrogen-bond donors (Lipinski definition) is 1. The second-order valence-electron chi connectivity index (χ2n) is 7.63. The summed E-state index contributed by atoms with van der Waals surface area (Å²) < 4.78 is 2.57. The number of rotatable bonds is 5. The zero-order chi connectivity index (χ0) is 21.3. The first-order chi connectivity index (χ1) is 13.7. The lowest BCUT2D eigenvalue weighted by atomic mass is 10.1. The van der Waals surface area contributed by atoms with E-state index >= 15 is 0 Å². The van der Waals surface area contributed by atoms with E-state index < -0.39 is 5.69 Å². The van der Waals surface area contributed by atoms with Crippen LogP contribution < -0.4 is 16.6 Å². The zero-order valence-corrected chi connectivity index (χ0v) is 17.6. The van der Waals surface area contributed by atoms with Gasteiger partial charge in [-0.1, -0.05) is 30.7 Å². The summed E-state index contributed by atoms with van der Waals surface area (Å²) in [5.74, 6) is -0.255. The Kier molecular flexibility index (Phi) is 5.73. The van der Waals surface area contributed by atoms with Crippen LogP contribution in [0.25, 0.3) is 16.6 Å². The largest absolute Gasteiger partial charge is 0.352 e. The molecule has 2 aromatic carbocycles. The minimum absolute atomic E-state index is 0.0108. The second kappa shape index (κ2) is 8.07. The molecule has 3 rings (SSSR count). The molecule has 6 heteroatoms. The van der Waals surface area contributed by atoms with Crippen molar-refractivity contribution in [3.63, 3.8) is 0 Å². The molecule has 152 valence electrons. The normalized spacial score (nSPS) is 12.2. The fraction of sp³-hybridized carbons (Fsp3) is 0.348. The van der Waals surface area contributed by atoms with Crippen molar-refractivity contribution in [1.29, 1.82) is 0 Å². The average Bonchev–Trinajstić information content (AvgIpc) is 2.68. The molecule has 0 aliphatic heterocycles. The van der Waals surface area contributed by atoms with Gasteiger partial charge in [0.25, 0.3) is 5.56 Å². The number of amides is 1. The lowest BCUT2D eigenvalue weighted by Crippen LogP contribution is -2.43. The lowest BCUT2D eigenvalue weighted by molar-refractivity contribution is -0.122. The maximum atomic E-state index is 13.4. The number of nitrogens with zero attached hydrogens (tertiary/aromatic N) is 2. The van der Waals surface area contributed by atoms with E-state index in [9.17, 15) is 14.4 Å². The minimum atomic E-state index is -0.514. The molecule has 1 amide bonds. The third-order valence-electron chi connectivity index (χ3n) is 5.44. The van der Waals surface area contributed by atoms with Crippen molar-refractivity contribution in [2.45, 2.75) is 53.6 Å². The third kappa shape index (κ3) is 3.88. The van der Waals surface area contributed by atoms with Crippen molar-refractivity contribution >= 4 is 16.8 Å². The van der Waals surface area contributed by atoms with Crippen molar-refractivity contribution in [3.05, 3.63) is 73.9 Å². The van der Waals surface area contributed by atoms with Gasteiger partial charge >= 0.3 is 5.69 Å². The van der Waals surface area contributed by atoms with Gasteiger partial charge in [-0.15, -0.1) is 0 Å². The van der Waals surface area contributed by atoms with Crippen molar-refractivity contribution < 1.29 is 4.79 Å². The van der Waals surface area contributed by atoms with Crippen molar-refractivity contribution in [3.8, 4) is 5.69 Å². The molecule has 1 aromatic heterocycles. The first kappa shape index (κ1) is 20.6. The SMILES string of the molecule is CC[C@@H](C)NC(=O)Cn1c(=O)n(-c2cccc(C)c2C)c(=O)c2cc(C)ccc21. The Labute approximate surface area is 169 Å². The minimum Gasteiger partial charge on any atom is -0.352 e. The number of carbonyl (C=O) groups is 1. The molecule has 0 radical (unpaired) electrons. The summed E-state index contributed by atoms with van der Waals surface area (Å²) in [7, 11) is 0. The number of benzene rings is 2. The molecule has 3 aromatic rings. The van der Waals surface area contributed by atoms with Crippen LogP contribution in [0, 0.1) is 20.8 Å². The van der Waals surface area contributed by atoms with E-state index in [2.05, 4.69) is 5.32 Å².